The molecule has 0 spiro atoms. The molecule has 1 unspecified atom stereocenters. The Bertz CT molecular complexity index is 547. The highest BCUT2D eigenvalue weighted by Gasteiger charge is 2.22. The van der Waals surface area contributed by atoms with Crippen LogP contribution in [0.5, 0.6) is 0 Å². The number of aromatic amines is 1. The van der Waals surface area contributed by atoms with Crippen LogP contribution in [-0.2, 0) is 6.42 Å². The van der Waals surface area contributed by atoms with E-state index < -0.39 is 0 Å². The molecule has 3 rings (SSSR count). The number of nitrogens with zero attached hydrogens (tertiary/aromatic N) is 4. The molecule has 1 aliphatic rings. The minimum absolute atomic E-state index is 0.640. The van der Waals surface area contributed by atoms with Gasteiger partial charge in [-0.1, -0.05) is 0 Å². The van der Waals surface area contributed by atoms with Crippen LogP contribution in [0.3, 0.4) is 0 Å². The Hall–Kier alpha value is -1.75. The second kappa shape index (κ2) is 6.35. The third-order valence-electron chi connectivity index (χ3n) is 4.26. The van der Waals surface area contributed by atoms with Crippen molar-refractivity contribution in [2.24, 2.45) is 5.92 Å². The average Bonchev–Trinajstić information content (AvgIpc) is 3.02. The smallest absolute Gasteiger partial charge is 0.106 e. The molecule has 0 amide bonds. The number of H-pyrrole nitrogens is 1. The lowest BCUT2D eigenvalue weighted by Gasteiger charge is -2.35. The van der Waals surface area contributed by atoms with E-state index in [0.717, 1.165) is 23.5 Å². The third-order valence-corrected chi connectivity index (χ3v) is 4.26. The molecule has 1 aliphatic heterocycles. The first-order valence-electron chi connectivity index (χ1n) is 7.77. The van der Waals surface area contributed by atoms with Gasteiger partial charge in [-0.15, -0.1) is 0 Å². The lowest BCUT2D eigenvalue weighted by atomic mass is 9.93. The van der Waals surface area contributed by atoms with Gasteiger partial charge in [0.05, 0.1) is 17.6 Å². The van der Waals surface area contributed by atoms with E-state index in [-0.39, 0.29) is 0 Å². The molecule has 0 saturated carbocycles. The van der Waals surface area contributed by atoms with Gasteiger partial charge in [0.1, 0.15) is 5.69 Å². The van der Waals surface area contributed by atoms with Crippen molar-refractivity contribution in [1.29, 1.82) is 0 Å². The number of likely N-dealkylation sites (tertiary alicyclic amines) is 1. The van der Waals surface area contributed by atoms with Gasteiger partial charge in [-0.2, -0.15) is 5.10 Å². The molecule has 0 aliphatic carbocycles. The molecule has 0 bridgehead atoms. The zero-order chi connectivity index (χ0) is 14.7. The van der Waals surface area contributed by atoms with Crippen LogP contribution in [-0.4, -0.2) is 44.2 Å². The highest BCUT2D eigenvalue weighted by atomic mass is 15.2. The Balaban J connectivity index is 1.62. The predicted molar refractivity (Wildman–Crippen MR) is 82.8 cm³/mol. The predicted octanol–water partition coefficient (Wildman–Crippen LogP) is 2.53. The molecule has 1 fully saturated rings. The maximum Gasteiger partial charge on any atom is 0.106 e. The summed E-state index contributed by atoms with van der Waals surface area (Å²) in [5, 5.41) is 6.85. The highest BCUT2D eigenvalue weighted by Crippen LogP contribution is 2.22. The Morgan fingerprint density at radius 1 is 1.33 bits per heavy atom. The summed E-state index contributed by atoms with van der Waals surface area (Å²) in [6.07, 6.45) is 9.10. The molecule has 2 aromatic rings. The summed E-state index contributed by atoms with van der Waals surface area (Å²) in [6.45, 7) is 6.98. The van der Waals surface area contributed by atoms with Crippen LogP contribution in [0.25, 0.3) is 11.4 Å². The van der Waals surface area contributed by atoms with Gasteiger partial charge < -0.3 is 4.90 Å². The standard InChI is InChI=1S/C16H23N5/c1-12(2)21-7-3-4-13(11-21)8-14-9-18-16(10-17-14)15-5-6-19-20-15/h5-6,9-10,12-13H,3-4,7-8,11H2,1-2H3,(H,19,20). The van der Waals surface area contributed by atoms with Crippen LogP contribution in [0.4, 0.5) is 0 Å². The molecule has 112 valence electrons. The highest BCUT2D eigenvalue weighted by molar-refractivity contribution is 5.51. The Labute approximate surface area is 125 Å². The zero-order valence-electron chi connectivity index (χ0n) is 12.8. The van der Waals surface area contributed by atoms with Crippen molar-refractivity contribution in [2.75, 3.05) is 13.1 Å². The summed E-state index contributed by atoms with van der Waals surface area (Å²) in [5.41, 5.74) is 2.86. The number of hydrogen-bond acceptors (Lipinski definition) is 4. The Morgan fingerprint density at radius 3 is 2.90 bits per heavy atom. The molecule has 1 saturated heterocycles. The molecule has 0 aromatic carbocycles. The Morgan fingerprint density at radius 2 is 2.24 bits per heavy atom. The summed E-state index contributed by atoms with van der Waals surface area (Å²) >= 11 is 0. The average molecular weight is 285 g/mol. The summed E-state index contributed by atoms with van der Waals surface area (Å²) in [6, 6.07) is 2.55. The molecule has 3 heterocycles. The lowest BCUT2D eigenvalue weighted by molar-refractivity contribution is 0.139. The van der Waals surface area contributed by atoms with Crippen LogP contribution in [0.2, 0.25) is 0 Å². The SMILES string of the molecule is CC(C)N1CCCC(Cc2cnc(-c3ccn[nH]3)cn2)C1. The maximum atomic E-state index is 4.57. The van der Waals surface area contributed by atoms with Crippen molar-refractivity contribution < 1.29 is 0 Å². The zero-order valence-corrected chi connectivity index (χ0v) is 12.8. The normalized spacial score (nSPS) is 20.0. The second-order valence-electron chi connectivity index (χ2n) is 6.16. The van der Waals surface area contributed by atoms with E-state index in [1.54, 1.807) is 6.20 Å². The van der Waals surface area contributed by atoms with Crippen LogP contribution in [0.15, 0.2) is 24.7 Å². The topological polar surface area (TPSA) is 57.7 Å². The molecular formula is C16H23N5. The van der Waals surface area contributed by atoms with E-state index in [0.29, 0.717) is 12.0 Å². The third kappa shape index (κ3) is 3.47. The van der Waals surface area contributed by atoms with Gasteiger partial charge in [0.15, 0.2) is 0 Å². The monoisotopic (exact) mass is 285 g/mol. The van der Waals surface area contributed by atoms with Crippen molar-refractivity contribution in [3.05, 3.63) is 30.4 Å². The quantitative estimate of drug-likeness (QED) is 0.938. The maximum absolute atomic E-state index is 4.57. The van der Waals surface area contributed by atoms with Gasteiger partial charge in [-0.25, -0.2) is 0 Å². The second-order valence-corrected chi connectivity index (χ2v) is 6.16. The van der Waals surface area contributed by atoms with Crippen molar-refractivity contribution in [2.45, 2.75) is 39.2 Å². The molecule has 2 aromatic heterocycles. The first-order chi connectivity index (χ1) is 10.2. The molecule has 1 atom stereocenters. The van der Waals surface area contributed by atoms with E-state index in [1.165, 1.54) is 25.9 Å². The molecule has 0 radical (unpaired) electrons. The van der Waals surface area contributed by atoms with Crippen LogP contribution in [0, 0.1) is 5.92 Å². The van der Waals surface area contributed by atoms with Gasteiger partial charge in [0, 0.05) is 25.0 Å². The fraction of sp³-hybridized carbons (Fsp3) is 0.562. The summed E-state index contributed by atoms with van der Waals surface area (Å²) in [7, 11) is 0. The number of nitrogens with one attached hydrogen (secondary N) is 1. The minimum atomic E-state index is 0.640. The lowest BCUT2D eigenvalue weighted by Crippen LogP contribution is -2.40. The largest absolute Gasteiger partial charge is 0.301 e. The van der Waals surface area contributed by atoms with E-state index in [9.17, 15) is 0 Å². The van der Waals surface area contributed by atoms with E-state index in [4.69, 9.17) is 0 Å². The number of aromatic nitrogens is 4. The van der Waals surface area contributed by atoms with Crippen molar-refractivity contribution in [3.8, 4) is 11.4 Å². The molecule has 21 heavy (non-hydrogen) atoms. The molecular weight excluding hydrogens is 262 g/mol. The number of piperidine rings is 1. The summed E-state index contributed by atoms with van der Waals surface area (Å²) in [4.78, 5) is 11.6. The number of hydrogen-bond donors (Lipinski definition) is 1. The van der Waals surface area contributed by atoms with E-state index in [2.05, 4.69) is 38.9 Å². The van der Waals surface area contributed by atoms with Crippen LogP contribution >= 0.6 is 0 Å². The minimum Gasteiger partial charge on any atom is -0.301 e. The van der Waals surface area contributed by atoms with E-state index >= 15 is 0 Å². The van der Waals surface area contributed by atoms with Gasteiger partial charge >= 0.3 is 0 Å². The van der Waals surface area contributed by atoms with E-state index in [1.807, 2.05) is 18.5 Å². The summed E-state index contributed by atoms with van der Waals surface area (Å²) < 4.78 is 0. The van der Waals surface area contributed by atoms with Gasteiger partial charge in [0.25, 0.3) is 0 Å². The molecule has 5 nitrogen and oxygen atoms in total. The first kappa shape index (κ1) is 14.2. The van der Waals surface area contributed by atoms with Crippen molar-refractivity contribution in [1.82, 2.24) is 25.1 Å². The van der Waals surface area contributed by atoms with Crippen LogP contribution in [0.1, 0.15) is 32.4 Å². The molecule has 1 N–H and O–H groups in total. The summed E-state index contributed by atoms with van der Waals surface area (Å²) in [5.74, 6) is 0.702. The first-order valence-corrected chi connectivity index (χ1v) is 7.77. The Kier molecular flexibility index (Phi) is 4.29. The molecule has 5 heteroatoms. The van der Waals surface area contributed by atoms with Gasteiger partial charge in [-0.05, 0) is 51.6 Å². The number of rotatable bonds is 4. The van der Waals surface area contributed by atoms with Crippen molar-refractivity contribution in [3.63, 3.8) is 0 Å². The van der Waals surface area contributed by atoms with Crippen LogP contribution < -0.4 is 0 Å². The fourth-order valence-corrected chi connectivity index (χ4v) is 3.03. The van der Waals surface area contributed by atoms with Crippen molar-refractivity contribution >= 4 is 0 Å². The van der Waals surface area contributed by atoms with Gasteiger partial charge in [0.2, 0.25) is 0 Å². The van der Waals surface area contributed by atoms with Gasteiger partial charge in [-0.3, -0.25) is 15.1 Å². The fourth-order valence-electron chi connectivity index (χ4n) is 3.03.